The van der Waals surface area contributed by atoms with Crippen LogP contribution in [0.5, 0.6) is 0 Å². The summed E-state index contributed by atoms with van der Waals surface area (Å²) in [6.45, 7) is 5.48. The summed E-state index contributed by atoms with van der Waals surface area (Å²) in [5.74, 6) is -0.597. The van der Waals surface area contributed by atoms with Crippen LogP contribution in [0, 0.1) is 20.8 Å². The van der Waals surface area contributed by atoms with Gasteiger partial charge in [0.2, 0.25) is 0 Å². The van der Waals surface area contributed by atoms with E-state index in [-0.39, 0.29) is 26.1 Å². The van der Waals surface area contributed by atoms with Gasteiger partial charge in [-0.15, -0.1) is 0 Å². The molecule has 4 aromatic carbocycles. The topological polar surface area (TPSA) is 121 Å². The van der Waals surface area contributed by atoms with E-state index < -0.39 is 26.0 Å². The molecule has 0 aromatic heterocycles. The zero-order valence-electron chi connectivity index (χ0n) is 21.3. The fourth-order valence-electron chi connectivity index (χ4n) is 3.78. The molecule has 11 heteroatoms. The van der Waals surface area contributed by atoms with E-state index in [1.54, 1.807) is 12.1 Å². The molecule has 0 saturated carbocycles. The summed E-state index contributed by atoms with van der Waals surface area (Å²) in [7, 11) is -7.74. The van der Waals surface area contributed by atoms with Gasteiger partial charge in [-0.1, -0.05) is 47.5 Å². The Morgan fingerprint density at radius 1 is 0.667 bits per heavy atom. The highest BCUT2D eigenvalue weighted by atomic mass is 35.5. The minimum atomic E-state index is -3.88. The lowest BCUT2D eigenvalue weighted by Crippen LogP contribution is -2.16. The van der Waals surface area contributed by atoms with E-state index in [2.05, 4.69) is 14.8 Å². The van der Waals surface area contributed by atoms with Crippen molar-refractivity contribution in [1.29, 1.82) is 0 Å². The van der Waals surface area contributed by atoms with Crippen LogP contribution in [0.1, 0.15) is 27.0 Å². The van der Waals surface area contributed by atoms with Gasteiger partial charge in [-0.3, -0.25) is 14.2 Å². The zero-order chi connectivity index (χ0) is 28.4. The van der Waals surface area contributed by atoms with Crippen LogP contribution in [-0.2, 0) is 20.0 Å². The van der Waals surface area contributed by atoms with E-state index in [1.165, 1.54) is 54.6 Å². The third-order valence-electron chi connectivity index (χ3n) is 5.93. The quantitative estimate of drug-likeness (QED) is 0.231. The first-order chi connectivity index (χ1) is 18.4. The number of carbonyl (C=O) groups is 1. The Bertz CT molecular complexity index is 1730. The van der Waals surface area contributed by atoms with Crippen LogP contribution in [0.15, 0.2) is 94.7 Å². The van der Waals surface area contributed by atoms with Gasteiger partial charge in [-0.25, -0.2) is 16.8 Å². The van der Waals surface area contributed by atoms with Gasteiger partial charge < -0.3 is 5.32 Å². The SMILES string of the molecule is Cc1ccc(S(=O)(=O)Nc2ccc(Cl)c(C(=O)Nc3ccc(S(=O)(=O)Nc4c(C)cccc4C)cc3)c2)cc1. The molecule has 0 atom stereocenters. The summed E-state index contributed by atoms with van der Waals surface area (Å²) in [4.78, 5) is 13.1. The minimum absolute atomic E-state index is 0.0219. The van der Waals surface area contributed by atoms with Crippen molar-refractivity contribution < 1.29 is 21.6 Å². The Morgan fingerprint density at radius 2 is 1.18 bits per heavy atom. The normalized spacial score (nSPS) is 11.6. The molecule has 0 aliphatic rings. The first kappa shape index (κ1) is 28.2. The molecule has 39 heavy (non-hydrogen) atoms. The molecule has 0 aliphatic heterocycles. The summed E-state index contributed by atoms with van der Waals surface area (Å²) in [5.41, 5.74) is 3.54. The van der Waals surface area contributed by atoms with Gasteiger partial charge in [0.05, 0.1) is 26.1 Å². The Morgan fingerprint density at radius 3 is 1.77 bits per heavy atom. The molecular weight excluding hydrogens is 558 g/mol. The second-order valence-corrected chi connectivity index (χ2v) is 12.7. The van der Waals surface area contributed by atoms with Crippen molar-refractivity contribution >= 4 is 54.6 Å². The molecule has 4 rings (SSSR count). The number of rotatable bonds is 8. The minimum Gasteiger partial charge on any atom is -0.322 e. The second kappa shape index (κ2) is 11.1. The molecule has 3 N–H and O–H groups in total. The average molecular weight is 584 g/mol. The van der Waals surface area contributed by atoms with E-state index >= 15 is 0 Å². The molecule has 1 amide bonds. The smallest absolute Gasteiger partial charge is 0.261 e. The molecule has 202 valence electrons. The number of sulfonamides is 2. The highest BCUT2D eigenvalue weighted by Gasteiger charge is 2.19. The number of carbonyl (C=O) groups excluding carboxylic acids is 1. The lowest BCUT2D eigenvalue weighted by atomic mass is 10.1. The van der Waals surface area contributed by atoms with Crippen molar-refractivity contribution in [1.82, 2.24) is 0 Å². The number of amides is 1. The Labute approximate surface area is 233 Å². The number of hydrogen-bond donors (Lipinski definition) is 3. The van der Waals surface area contributed by atoms with E-state index in [4.69, 9.17) is 11.6 Å². The molecule has 0 unspecified atom stereocenters. The first-order valence-corrected chi connectivity index (χ1v) is 15.1. The molecule has 0 fully saturated rings. The summed E-state index contributed by atoms with van der Waals surface area (Å²) in [6.07, 6.45) is 0. The number of para-hydroxylation sites is 1. The van der Waals surface area contributed by atoms with Crippen molar-refractivity contribution in [2.45, 2.75) is 30.6 Å². The maximum absolute atomic E-state index is 13.0. The van der Waals surface area contributed by atoms with Crippen molar-refractivity contribution in [3.63, 3.8) is 0 Å². The summed E-state index contributed by atoms with van der Waals surface area (Å²) in [5, 5.41) is 2.77. The molecule has 0 spiro atoms. The number of benzene rings is 4. The van der Waals surface area contributed by atoms with Gasteiger partial charge in [0.1, 0.15) is 0 Å². The third kappa shape index (κ3) is 6.59. The van der Waals surface area contributed by atoms with Crippen LogP contribution in [0.4, 0.5) is 17.1 Å². The average Bonchev–Trinajstić information content (AvgIpc) is 2.88. The van der Waals surface area contributed by atoms with Crippen LogP contribution < -0.4 is 14.8 Å². The van der Waals surface area contributed by atoms with Crippen molar-refractivity contribution in [2.24, 2.45) is 0 Å². The number of anilines is 3. The fourth-order valence-corrected chi connectivity index (χ4v) is 6.23. The van der Waals surface area contributed by atoms with Crippen LogP contribution in [0.25, 0.3) is 0 Å². The van der Waals surface area contributed by atoms with Crippen molar-refractivity contribution in [3.8, 4) is 0 Å². The van der Waals surface area contributed by atoms with Gasteiger partial charge in [0, 0.05) is 11.4 Å². The number of aryl methyl sites for hydroxylation is 3. The second-order valence-electron chi connectivity index (χ2n) is 8.96. The molecule has 0 radical (unpaired) electrons. The van der Waals surface area contributed by atoms with Crippen LogP contribution in [0.3, 0.4) is 0 Å². The largest absolute Gasteiger partial charge is 0.322 e. The molecule has 8 nitrogen and oxygen atoms in total. The zero-order valence-corrected chi connectivity index (χ0v) is 23.7. The molecule has 0 heterocycles. The lowest BCUT2D eigenvalue weighted by molar-refractivity contribution is 0.102. The van der Waals surface area contributed by atoms with Crippen molar-refractivity contribution in [3.05, 3.63) is 112 Å². The standard InChI is InChI=1S/C28H26ClN3O5S2/c1-18-7-12-23(13-8-18)38(34,35)31-22-11-16-26(29)25(17-22)28(33)30-21-9-14-24(15-10-21)39(36,37)32-27-19(2)5-4-6-20(27)3/h4-17,31-32H,1-3H3,(H,30,33). The van der Waals surface area contributed by atoms with Crippen LogP contribution >= 0.6 is 11.6 Å². The Hall–Kier alpha value is -3.86. The first-order valence-electron chi connectivity index (χ1n) is 11.8. The monoisotopic (exact) mass is 583 g/mol. The summed E-state index contributed by atoms with van der Waals surface area (Å²) < 4.78 is 56.3. The maximum Gasteiger partial charge on any atom is 0.261 e. The molecule has 0 bridgehead atoms. The maximum atomic E-state index is 13.0. The molecule has 0 saturated heterocycles. The summed E-state index contributed by atoms with van der Waals surface area (Å²) in [6, 6.07) is 21.7. The highest BCUT2D eigenvalue weighted by Crippen LogP contribution is 2.26. The van der Waals surface area contributed by atoms with Gasteiger partial charge in [-0.05, 0) is 86.5 Å². The highest BCUT2D eigenvalue weighted by molar-refractivity contribution is 7.93. The molecular formula is C28H26ClN3O5S2. The number of hydrogen-bond acceptors (Lipinski definition) is 5. The van der Waals surface area contributed by atoms with Gasteiger partial charge in [-0.2, -0.15) is 0 Å². The van der Waals surface area contributed by atoms with Crippen LogP contribution in [-0.4, -0.2) is 22.7 Å². The van der Waals surface area contributed by atoms with E-state index in [0.29, 0.717) is 11.4 Å². The number of nitrogens with one attached hydrogen (secondary N) is 3. The van der Waals surface area contributed by atoms with Gasteiger partial charge in [0.25, 0.3) is 26.0 Å². The van der Waals surface area contributed by atoms with Gasteiger partial charge >= 0.3 is 0 Å². The predicted molar refractivity (Wildman–Crippen MR) is 155 cm³/mol. The fraction of sp³-hybridized carbons (Fsp3) is 0.107. The Balaban J connectivity index is 1.50. The summed E-state index contributed by atoms with van der Waals surface area (Å²) >= 11 is 6.22. The lowest BCUT2D eigenvalue weighted by Gasteiger charge is -2.14. The molecule has 0 aliphatic carbocycles. The van der Waals surface area contributed by atoms with Crippen molar-refractivity contribution in [2.75, 3.05) is 14.8 Å². The van der Waals surface area contributed by atoms with Gasteiger partial charge in [0.15, 0.2) is 0 Å². The molecule has 4 aromatic rings. The Kier molecular flexibility index (Phi) is 8.01. The third-order valence-corrected chi connectivity index (χ3v) is 9.03. The number of halogens is 1. The van der Waals surface area contributed by atoms with Crippen LogP contribution in [0.2, 0.25) is 5.02 Å². The van der Waals surface area contributed by atoms with E-state index in [0.717, 1.165) is 16.7 Å². The van der Waals surface area contributed by atoms with E-state index in [1.807, 2.05) is 39.0 Å². The predicted octanol–water partition coefficient (Wildman–Crippen LogP) is 6.12. The van der Waals surface area contributed by atoms with E-state index in [9.17, 15) is 21.6 Å².